The summed E-state index contributed by atoms with van der Waals surface area (Å²) < 4.78 is 0. The Balaban J connectivity index is 2.15. The van der Waals surface area contributed by atoms with Crippen molar-refractivity contribution >= 4 is 5.69 Å². The van der Waals surface area contributed by atoms with Crippen LogP contribution in [-0.4, -0.2) is 17.0 Å². The van der Waals surface area contributed by atoms with Crippen LogP contribution in [0.25, 0.3) is 0 Å². The number of anilines is 1. The van der Waals surface area contributed by atoms with Crippen LogP contribution in [0.15, 0.2) is 42.9 Å². The monoisotopic (exact) mass is 224 g/mol. The molecule has 2 rings (SSSR count). The van der Waals surface area contributed by atoms with Gasteiger partial charge < -0.3 is 4.90 Å². The molecule has 0 saturated carbocycles. The lowest BCUT2D eigenvalue weighted by molar-refractivity contribution is 0.912. The van der Waals surface area contributed by atoms with Gasteiger partial charge in [0.2, 0.25) is 0 Å². The maximum atomic E-state index is 8.79. The van der Waals surface area contributed by atoms with Gasteiger partial charge in [-0.25, -0.2) is 4.98 Å². The van der Waals surface area contributed by atoms with Crippen molar-refractivity contribution in [1.29, 1.82) is 5.26 Å². The first-order valence-corrected chi connectivity index (χ1v) is 5.26. The lowest BCUT2D eigenvalue weighted by Crippen LogP contribution is -2.16. The van der Waals surface area contributed by atoms with Crippen LogP contribution in [0.1, 0.15) is 11.3 Å². The lowest BCUT2D eigenvalue weighted by atomic mass is 10.2. The van der Waals surface area contributed by atoms with Crippen LogP contribution in [0, 0.1) is 11.3 Å². The fourth-order valence-electron chi connectivity index (χ4n) is 1.57. The molecule has 0 bridgehead atoms. The zero-order valence-electron chi connectivity index (χ0n) is 9.54. The molecule has 0 aliphatic heterocycles. The van der Waals surface area contributed by atoms with E-state index >= 15 is 0 Å². The van der Waals surface area contributed by atoms with Crippen LogP contribution in [0.4, 0.5) is 5.69 Å². The van der Waals surface area contributed by atoms with Crippen molar-refractivity contribution in [3.63, 3.8) is 0 Å². The van der Waals surface area contributed by atoms with Crippen molar-refractivity contribution in [3.05, 3.63) is 54.1 Å². The summed E-state index contributed by atoms with van der Waals surface area (Å²) in [4.78, 5) is 10.1. The molecule has 4 nitrogen and oxygen atoms in total. The molecule has 0 atom stereocenters. The number of rotatable bonds is 3. The highest BCUT2D eigenvalue weighted by molar-refractivity contribution is 5.48. The minimum absolute atomic E-state index is 0.431. The van der Waals surface area contributed by atoms with Crippen LogP contribution in [0.5, 0.6) is 0 Å². The van der Waals surface area contributed by atoms with Crippen LogP contribution in [0.3, 0.4) is 0 Å². The number of hydrogen-bond donors (Lipinski definition) is 0. The second-order valence-electron chi connectivity index (χ2n) is 3.73. The first-order chi connectivity index (χ1) is 8.29. The molecule has 0 fully saturated rings. The second kappa shape index (κ2) is 5.08. The van der Waals surface area contributed by atoms with Gasteiger partial charge in [0.1, 0.15) is 11.8 Å². The third-order valence-electron chi connectivity index (χ3n) is 2.44. The third-order valence-corrected chi connectivity index (χ3v) is 2.44. The van der Waals surface area contributed by atoms with Crippen molar-refractivity contribution in [2.75, 3.05) is 11.9 Å². The standard InChI is InChI=1S/C13H12N4/c1-17(10-11-3-2-5-15-9-11)13-4-6-16-12(7-13)8-14/h2-7,9H,10H2,1H3. The van der Waals surface area contributed by atoms with Gasteiger partial charge in [0, 0.05) is 37.9 Å². The lowest BCUT2D eigenvalue weighted by Gasteiger charge is -2.18. The first kappa shape index (κ1) is 11.1. The van der Waals surface area contributed by atoms with Crippen molar-refractivity contribution in [3.8, 4) is 6.07 Å². The van der Waals surface area contributed by atoms with E-state index in [1.54, 1.807) is 18.5 Å². The number of hydrogen-bond acceptors (Lipinski definition) is 4. The summed E-state index contributed by atoms with van der Waals surface area (Å²) in [5, 5.41) is 8.79. The molecule has 0 unspecified atom stereocenters. The van der Waals surface area contributed by atoms with E-state index in [0.717, 1.165) is 17.8 Å². The predicted molar refractivity (Wildman–Crippen MR) is 65.3 cm³/mol. The molecule has 84 valence electrons. The van der Waals surface area contributed by atoms with Crippen molar-refractivity contribution in [2.24, 2.45) is 0 Å². The van der Waals surface area contributed by atoms with Crippen molar-refractivity contribution in [2.45, 2.75) is 6.54 Å². The van der Waals surface area contributed by atoms with E-state index in [4.69, 9.17) is 5.26 Å². The Morgan fingerprint density at radius 3 is 2.94 bits per heavy atom. The molecule has 0 aliphatic rings. The molecule has 0 aliphatic carbocycles. The summed E-state index contributed by atoms with van der Waals surface area (Å²) in [5.41, 5.74) is 2.53. The zero-order chi connectivity index (χ0) is 12.1. The number of aromatic nitrogens is 2. The number of nitriles is 1. The molecule has 17 heavy (non-hydrogen) atoms. The van der Waals surface area contributed by atoms with Crippen LogP contribution in [0.2, 0.25) is 0 Å². The maximum absolute atomic E-state index is 8.79. The quantitative estimate of drug-likeness (QED) is 0.800. The smallest absolute Gasteiger partial charge is 0.142 e. The Bertz CT molecular complexity index is 531. The van der Waals surface area contributed by atoms with Gasteiger partial charge >= 0.3 is 0 Å². The second-order valence-corrected chi connectivity index (χ2v) is 3.73. The summed E-state index contributed by atoms with van der Waals surface area (Å²) in [6.07, 6.45) is 5.24. The number of nitrogens with zero attached hydrogens (tertiary/aromatic N) is 4. The normalized spacial score (nSPS) is 9.65. The van der Waals surface area contributed by atoms with Crippen LogP contribution in [-0.2, 0) is 6.54 Å². The first-order valence-electron chi connectivity index (χ1n) is 5.26. The Morgan fingerprint density at radius 1 is 1.35 bits per heavy atom. The van der Waals surface area contributed by atoms with Gasteiger partial charge in [0.25, 0.3) is 0 Å². The van der Waals surface area contributed by atoms with Crippen LogP contribution < -0.4 is 4.90 Å². The summed E-state index contributed by atoms with van der Waals surface area (Å²) in [7, 11) is 1.98. The molecule has 0 saturated heterocycles. The molecule has 0 amide bonds. The molecule has 4 heteroatoms. The van der Waals surface area contributed by atoms with Gasteiger partial charge in [0.15, 0.2) is 0 Å². The van der Waals surface area contributed by atoms with Gasteiger partial charge in [-0.2, -0.15) is 5.26 Å². The van der Waals surface area contributed by atoms with Crippen LogP contribution >= 0.6 is 0 Å². The molecular weight excluding hydrogens is 212 g/mol. The maximum Gasteiger partial charge on any atom is 0.142 e. The number of pyridine rings is 2. The summed E-state index contributed by atoms with van der Waals surface area (Å²) in [6, 6.07) is 9.63. The highest BCUT2D eigenvalue weighted by Crippen LogP contribution is 2.14. The summed E-state index contributed by atoms with van der Waals surface area (Å²) in [6.45, 7) is 0.753. The molecule has 0 aromatic carbocycles. The van der Waals surface area contributed by atoms with Gasteiger partial charge in [-0.3, -0.25) is 4.98 Å². The third kappa shape index (κ3) is 2.79. The highest BCUT2D eigenvalue weighted by Gasteiger charge is 2.03. The van der Waals surface area contributed by atoms with Gasteiger partial charge in [0.05, 0.1) is 0 Å². The molecule has 0 spiro atoms. The SMILES string of the molecule is CN(Cc1cccnc1)c1ccnc(C#N)c1. The zero-order valence-corrected chi connectivity index (χ0v) is 9.54. The van der Waals surface area contributed by atoms with E-state index < -0.39 is 0 Å². The minimum atomic E-state index is 0.431. The van der Waals surface area contributed by atoms with E-state index in [2.05, 4.69) is 14.9 Å². The van der Waals surface area contributed by atoms with E-state index in [1.165, 1.54) is 0 Å². The average molecular weight is 224 g/mol. The van der Waals surface area contributed by atoms with E-state index in [-0.39, 0.29) is 0 Å². The highest BCUT2D eigenvalue weighted by atomic mass is 15.1. The molecule has 0 N–H and O–H groups in total. The molecule has 0 radical (unpaired) electrons. The predicted octanol–water partition coefficient (Wildman–Crippen LogP) is 1.98. The van der Waals surface area contributed by atoms with Gasteiger partial charge in [-0.1, -0.05) is 6.07 Å². The Kier molecular flexibility index (Phi) is 3.31. The fraction of sp³-hybridized carbons (Fsp3) is 0.154. The Morgan fingerprint density at radius 2 is 2.24 bits per heavy atom. The van der Waals surface area contributed by atoms with Crippen molar-refractivity contribution in [1.82, 2.24) is 9.97 Å². The minimum Gasteiger partial charge on any atom is -0.370 e. The average Bonchev–Trinajstić information content (AvgIpc) is 2.40. The van der Waals surface area contributed by atoms with Gasteiger partial charge in [-0.15, -0.1) is 0 Å². The summed E-state index contributed by atoms with van der Waals surface area (Å²) in [5.74, 6) is 0. The van der Waals surface area contributed by atoms with E-state index in [1.807, 2.05) is 37.5 Å². The summed E-state index contributed by atoms with van der Waals surface area (Å²) >= 11 is 0. The van der Waals surface area contributed by atoms with E-state index in [0.29, 0.717) is 5.69 Å². The van der Waals surface area contributed by atoms with Gasteiger partial charge in [-0.05, 0) is 23.8 Å². The molecule has 2 aromatic rings. The fourth-order valence-corrected chi connectivity index (χ4v) is 1.57. The van der Waals surface area contributed by atoms with E-state index in [9.17, 15) is 0 Å². The molecular formula is C13H12N4. The Labute approximate surface area is 100 Å². The Hall–Kier alpha value is -2.41. The topological polar surface area (TPSA) is 52.8 Å². The largest absolute Gasteiger partial charge is 0.370 e. The molecule has 2 aromatic heterocycles. The van der Waals surface area contributed by atoms with Crippen molar-refractivity contribution < 1.29 is 0 Å². The molecule has 2 heterocycles.